The van der Waals surface area contributed by atoms with Gasteiger partial charge in [-0.2, -0.15) is 5.26 Å². The first-order valence-electron chi connectivity index (χ1n) is 7.73. The molecule has 5 nitrogen and oxygen atoms in total. The molecule has 0 N–H and O–H groups in total. The third kappa shape index (κ3) is 4.22. The Balaban J connectivity index is 2.00. The zero-order valence-electron chi connectivity index (χ0n) is 13.2. The van der Waals surface area contributed by atoms with Crippen LogP contribution in [0.4, 0.5) is 4.79 Å². The fourth-order valence-corrected chi connectivity index (χ4v) is 2.65. The molecule has 5 heteroatoms. The molecule has 1 aliphatic heterocycles. The highest BCUT2D eigenvalue weighted by molar-refractivity contribution is 5.70. The molecular formula is C17H23N3O2. The van der Waals surface area contributed by atoms with E-state index >= 15 is 0 Å². The Kier molecular flexibility index (Phi) is 5.79. The normalized spacial score (nSPS) is 19.1. The highest BCUT2D eigenvalue weighted by Crippen LogP contribution is 2.18. The average Bonchev–Trinajstić information content (AvgIpc) is 2.88. The van der Waals surface area contributed by atoms with Gasteiger partial charge < -0.3 is 4.74 Å². The van der Waals surface area contributed by atoms with Gasteiger partial charge in [0.25, 0.3) is 0 Å². The van der Waals surface area contributed by atoms with E-state index in [0.29, 0.717) is 19.8 Å². The summed E-state index contributed by atoms with van der Waals surface area (Å²) < 4.78 is 5.22. The van der Waals surface area contributed by atoms with Crippen molar-refractivity contribution >= 4 is 6.09 Å². The Morgan fingerprint density at radius 3 is 2.82 bits per heavy atom. The predicted molar refractivity (Wildman–Crippen MR) is 84.0 cm³/mol. The molecule has 2 rings (SSSR count). The molecule has 0 unspecified atom stereocenters. The van der Waals surface area contributed by atoms with Crippen LogP contribution < -0.4 is 0 Å². The van der Waals surface area contributed by atoms with Crippen molar-refractivity contribution in [3.63, 3.8) is 0 Å². The molecule has 1 aromatic rings. The van der Waals surface area contributed by atoms with Crippen LogP contribution in [0.2, 0.25) is 0 Å². The summed E-state index contributed by atoms with van der Waals surface area (Å²) in [4.78, 5) is 15.9. The van der Waals surface area contributed by atoms with E-state index in [2.05, 4.69) is 23.1 Å². The first-order chi connectivity index (χ1) is 10.6. The van der Waals surface area contributed by atoms with Crippen molar-refractivity contribution in [3.05, 3.63) is 35.9 Å². The molecule has 1 fully saturated rings. The highest BCUT2D eigenvalue weighted by atomic mass is 16.6. The Labute approximate surface area is 132 Å². The molecule has 2 atom stereocenters. The van der Waals surface area contributed by atoms with Crippen LogP contribution in [0.1, 0.15) is 19.4 Å². The van der Waals surface area contributed by atoms with Gasteiger partial charge in [0.15, 0.2) is 0 Å². The summed E-state index contributed by atoms with van der Waals surface area (Å²) in [5, 5.41) is 8.96. The van der Waals surface area contributed by atoms with E-state index in [1.807, 2.05) is 32.0 Å². The fraction of sp³-hybridized carbons (Fsp3) is 0.529. The molecule has 1 aromatic carbocycles. The van der Waals surface area contributed by atoms with E-state index in [1.54, 1.807) is 4.90 Å². The summed E-state index contributed by atoms with van der Waals surface area (Å²) >= 11 is 0. The van der Waals surface area contributed by atoms with Crippen molar-refractivity contribution in [2.75, 3.05) is 26.4 Å². The minimum absolute atomic E-state index is 0.0499. The molecule has 1 heterocycles. The number of carbonyl (C=O) groups is 1. The Hall–Kier alpha value is -2.06. The van der Waals surface area contributed by atoms with Gasteiger partial charge in [-0.15, -0.1) is 0 Å². The number of cyclic esters (lactones) is 1. The standard InChI is InChI=1S/C17H23N3O2/c1-3-19(11-14(2)10-18)13-20-16(12-22-17(20)21)9-15-7-5-4-6-8-15/h4-8,14,16H,3,9,11-13H2,1-2H3/t14-,16-/m0/s1. The number of carbonyl (C=O) groups excluding carboxylic acids is 1. The molecule has 0 bridgehead atoms. The smallest absolute Gasteiger partial charge is 0.411 e. The van der Waals surface area contributed by atoms with Crippen LogP contribution in [0, 0.1) is 17.2 Å². The van der Waals surface area contributed by atoms with E-state index < -0.39 is 0 Å². The SMILES string of the molecule is CCN(C[C@@H](C)C#N)CN1C(=O)OC[C@@H]1Cc1ccccc1. The molecule has 1 saturated heterocycles. The summed E-state index contributed by atoms with van der Waals surface area (Å²) in [5.41, 5.74) is 1.20. The van der Waals surface area contributed by atoms with Gasteiger partial charge in [-0.3, -0.25) is 9.80 Å². The van der Waals surface area contributed by atoms with Crippen LogP contribution in [-0.2, 0) is 11.2 Å². The van der Waals surface area contributed by atoms with Crippen LogP contribution in [0.3, 0.4) is 0 Å². The first-order valence-corrected chi connectivity index (χ1v) is 7.73. The van der Waals surface area contributed by atoms with Gasteiger partial charge in [-0.25, -0.2) is 4.79 Å². The van der Waals surface area contributed by atoms with Gasteiger partial charge in [0.1, 0.15) is 6.61 Å². The largest absolute Gasteiger partial charge is 0.447 e. The van der Waals surface area contributed by atoms with Gasteiger partial charge in [0.05, 0.1) is 24.7 Å². The maximum atomic E-state index is 12.0. The lowest BCUT2D eigenvalue weighted by atomic mass is 10.1. The topological polar surface area (TPSA) is 56.6 Å². The van der Waals surface area contributed by atoms with Crippen LogP contribution >= 0.6 is 0 Å². The number of nitriles is 1. The lowest BCUT2D eigenvalue weighted by Gasteiger charge is -2.29. The van der Waals surface area contributed by atoms with Crippen molar-refractivity contribution < 1.29 is 9.53 Å². The highest BCUT2D eigenvalue weighted by Gasteiger charge is 2.33. The van der Waals surface area contributed by atoms with Crippen molar-refractivity contribution in [1.29, 1.82) is 5.26 Å². The van der Waals surface area contributed by atoms with Crippen LogP contribution in [-0.4, -0.2) is 48.3 Å². The molecule has 0 radical (unpaired) electrons. The average molecular weight is 301 g/mol. The Bertz CT molecular complexity index is 526. The monoisotopic (exact) mass is 301 g/mol. The summed E-state index contributed by atoms with van der Waals surface area (Å²) in [6.07, 6.45) is 0.529. The minimum atomic E-state index is -0.260. The molecule has 22 heavy (non-hydrogen) atoms. The fourth-order valence-electron chi connectivity index (χ4n) is 2.65. The van der Waals surface area contributed by atoms with Crippen LogP contribution in [0.25, 0.3) is 0 Å². The molecule has 1 amide bonds. The van der Waals surface area contributed by atoms with Gasteiger partial charge in [0, 0.05) is 6.54 Å². The number of rotatable bonds is 7. The van der Waals surface area contributed by atoms with Gasteiger partial charge >= 0.3 is 6.09 Å². The molecule has 1 aliphatic rings. The summed E-state index contributed by atoms with van der Waals surface area (Å²) in [6, 6.07) is 12.4. The summed E-state index contributed by atoms with van der Waals surface area (Å²) in [6.45, 7) is 6.34. The number of amides is 1. The zero-order chi connectivity index (χ0) is 15.9. The molecule has 0 saturated carbocycles. The van der Waals surface area contributed by atoms with E-state index in [-0.39, 0.29) is 18.1 Å². The molecule has 0 aliphatic carbocycles. The van der Waals surface area contributed by atoms with E-state index in [0.717, 1.165) is 13.0 Å². The predicted octanol–water partition coefficient (Wildman–Crippen LogP) is 2.49. The number of hydrogen-bond acceptors (Lipinski definition) is 4. The lowest BCUT2D eigenvalue weighted by Crippen LogP contribution is -2.45. The third-order valence-corrected chi connectivity index (χ3v) is 3.94. The Morgan fingerprint density at radius 2 is 2.18 bits per heavy atom. The summed E-state index contributed by atoms with van der Waals surface area (Å²) in [7, 11) is 0. The van der Waals surface area contributed by atoms with E-state index in [9.17, 15) is 4.79 Å². The van der Waals surface area contributed by atoms with E-state index in [1.165, 1.54) is 5.56 Å². The summed E-state index contributed by atoms with van der Waals surface area (Å²) in [5.74, 6) is -0.0499. The second-order valence-electron chi connectivity index (χ2n) is 5.73. The van der Waals surface area contributed by atoms with E-state index in [4.69, 9.17) is 10.00 Å². The van der Waals surface area contributed by atoms with Crippen molar-refractivity contribution in [3.8, 4) is 6.07 Å². The second-order valence-corrected chi connectivity index (χ2v) is 5.73. The van der Waals surface area contributed by atoms with Gasteiger partial charge in [0.2, 0.25) is 0 Å². The zero-order valence-corrected chi connectivity index (χ0v) is 13.2. The molecular weight excluding hydrogens is 278 g/mol. The van der Waals surface area contributed by atoms with Gasteiger partial charge in [-0.1, -0.05) is 37.3 Å². The molecule has 0 aromatic heterocycles. The number of hydrogen-bond donors (Lipinski definition) is 0. The van der Waals surface area contributed by atoms with Crippen LogP contribution in [0.5, 0.6) is 0 Å². The number of nitrogens with zero attached hydrogens (tertiary/aromatic N) is 3. The number of ether oxygens (including phenoxy) is 1. The van der Waals surface area contributed by atoms with Crippen molar-refractivity contribution in [1.82, 2.24) is 9.80 Å². The van der Waals surface area contributed by atoms with Crippen LogP contribution in [0.15, 0.2) is 30.3 Å². The maximum absolute atomic E-state index is 12.0. The Morgan fingerprint density at radius 1 is 1.45 bits per heavy atom. The van der Waals surface area contributed by atoms with Crippen molar-refractivity contribution in [2.45, 2.75) is 26.3 Å². The van der Waals surface area contributed by atoms with Crippen molar-refractivity contribution in [2.24, 2.45) is 5.92 Å². The second kappa shape index (κ2) is 7.81. The quantitative estimate of drug-likeness (QED) is 0.776. The molecule has 118 valence electrons. The van der Waals surface area contributed by atoms with Gasteiger partial charge in [-0.05, 0) is 25.5 Å². The molecule has 0 spiro atoms. The number of benzene rings is 1. The minimum Gasteiger partial charge on any atom is -0.447 e. The third-order valence-electron chi connectivity index (χ3n) is 3.94. The maximum Gasteiger partial charge on any atom is 0.411 e. The first kappa shape index (κ1) is 16.3. The lowest BCUT2D eigenvalue weighted by molar-refractivity contribution is 0.120.